The summed E-state index contributed by atoms with van der Waals surface area (Å²) in [6.07, 6.45) is 2.41. The number of carbonyl (C=O) groups excluding carboxylic acids is 4. The van der Waals surface area contributed by atoms with Crippen LogP contribution in [0, 0.1) is 11.8 Å². The first-order valence-electron chi connectivity index (χ1n) is 18.0. The first kappa shape index (κ1) is 39.6. The topological polar surface area (TPSA) is 175 Å². The van der Waals surface area contributed by atoms with Gasteiger partial charge in [-0.15, -0.1) is 0 Å². The van der Waals surface area contributed by atoms with Gasteiger partial charge in [0.15, 0.2) is 0 Å². The number of nitrogens with one attached hydrogen (secondary N) is 5. The summed E-state index contributed by atoms with van der Waals surface area (Å²) in [4.78, 5) is 61.0. The van der Waals surface area contributed by atoms with Crippen LogP contribution in [0.2, 0.25) is 0 Å². The van der Waals surface area contributed by atoms with E-state index in [1.54, 1.807) is 6.20 Å². The van der Waals surface area contributed by atoms with Gasteiger partial charge in [0.05, 0.1) is 30.6 Å². The van der Waals surface area contributed by atoms with E-state index in [1.165, 1.54) is 6.33 Å². The molecule has 0 fully saturated rings. The van der Waals surface area contributed by atoms with Gasteiger partial charge in [-0.2, -0.15) is 0 Å². The molecule has 0 aliphatic heterocycles. The summed E-state index contributed by atoms with van der Waals surface area (Å²) in [7, 11) is 0. The van der Waals surface area contributed by atoms with Crippen molar-refractivity contribution < 1.29 is 29.0 Å². The summed E-state index contributed by atoms with van der Waals surface area (Å²) in [5.41, 5.74) is 2.13. The Balaban J connectivity index is 1.54. The van der Waals surface area contributed by atoms with Crippen molar-refractivity contribution in [3.8, 4) is 0 Å². The monoisotopic (exact) mass is 712 g/mol. The van der Waals surface area contributed by atoms with Gasteiger partial charge in [-0.1, -0.05) is 107 Å². The SMILES string of the molecule is CC[C@H](C)CNC(=O)C[C@H](O)[C@H](CC(C)C)NC(=O)[C@H](Cc1c[nH]cn1)NC(=O)[C@H](Cc1cccc2ccccc12)NC(=O)OCc1ccccc1. The van der Waals surface area contributed by atoms with E-state index in [0.717, 1.165) is 28.3 Å². The minimum Gasteiger partial charge on any atom is -0.445 e. The van der Waals surface area contributed by atoms with Crippen LogP contribution in [0.25, 0.3) is 10.8 Å². The van der Waals surface area contributed by atoms with Gasteiger partial charge < -0.3 is 36.1 Å². The normalized spacial score (nSPS) is 14.1. The maximum Gasteiger partial charge on any atom is 0.408 e. The standard InChI is InChI=1S/C40H52N6O6/c1-5-27(4)22-42-37(48)21-36(47)33(18-26(2)3)44-39(50)35(20-31-23-41-25-43-31)45-38(49)34(46-40(51)52-24-28-12-7-6-8-13-28)19-30-16-11-15-29-14-9-10-17-32(29)30/h6-17,23,25-27,33-36,47H,5,18-22,24H2,1-4H3,(H,41,43)(H,42,48)(H,44,50)(H,45,49)(H,46,51)/t27-,33-,34-,35-,36-/m0/s1. The molecule has 0 radical (unpaired) electrons. The van der Waals surface area contributed by atoms with Crippen molar-refractivity contribution in [2.24, 2.45) is 11.8 Å². The number of alkyl carbamates (subject to hydrolysis) is 1. The molecule has 6 N–H and O–H groups in total. The highest BCUT2D eigenvalue weighted by Crippen LogP contribution is 2.20. The van der Waals surface area contributed by atoms with Crippen molar-refractivity contribution in [1.82, 2.24) is 31.2 Å². The van der Waals surface area contributed by atoms with Crippen molar-refractivity contribution in [2.45, 2.75) is 90.6 Å². The van der Waals surface area contributed by atoms with Crippen LogP contribution >= 0.6 is 0 Å². The van der Waals surface area contributed by atoms with E-state index in [2.05, 4.69) is 31.2 Å². The zero-order valence-electron chi connectivity index (χ0n) is 30.4. The molecule has 5 atom stereocenters. The molecule has 278 valence electrons. The smallest absolute Gasteiger partial charge is 0.408 e. The second-order valence-corrected chi connectivity index (χ2v) is 13.8. The molecule has 0 aliphatic carbocycles. The van der Waals surface area contributed by atoms with Crippen molar-refractivity contribution in [1.29, 1.82) is 0 Å². The summed E-state index contributed by atoms with van der Waals surface area (Å²) in [6, 6.07) is 19.7. The Morgan fingerprint density at radius 3 is 2.25 bits per heavy atom. The minimum absolute atomic E-state index is 0.00862. The average Bonchev–Trinajstić information content (AvgIpc) is 3.65. The maximum absolute atomic E-state index is 14.1. The Morgan fingerprint density at radius 1 is 0.846 bits per heavy atom. The Kier molecular flexibility index (Phi) is 15.2. The third-order valence-corrected chi connectivity index (χ3v) is 8.98. The number of ether oxygens (including phenoxy) is 1. The van der Waals surface area contributed by atoms with Crippen LogP contribution in [-0.4, -0.2) is 69.7 Å². The van der Waals surface area contributed by atoms with E-state index in [-0.39, 0.29) is 37.7 Å². The average molecular weight is 713 g/mol. The number of hydrogen-bond donors (Lipinski definition) is 6. The lowest BCUT2D eigenvalue weighted by Crippen LogP contribution is -2.57. The number of aromatic nitrogens is 2. The molecule has 3 aromatic carbocycles. The predicted molar refractivity (Wildman–Crippen MR) is 200 cm³/mol. The van der Waals surface area contributed by atoms with Gasteiger partial charge >= 0.3 is 6.09 Å². The summed E-state index contributed by atoms with van der Waals surface area (Å²) >= 11 is 0. The highest BCUT2D eigenvalue weighted by Gasteiger charge is 2.32. The number of fused-ring (bicyclic) bond motifs is 1. The lowest BCUT2D eigenvalue weighted by Gasteiger charge is -2.29. The molecule has 0 bridgehead atoms. The first-order chi connectivity index (χ1) is 25.0. The van der Waals surface area contributed by atoms with Gasteiger partial charge in [0.2, 0.25) is 17.7 Å². The Morgan fingerprint density at radius 2 is 1.54 bits per heavy atom. The van der Waals surface area contributed by atoms with E-state index < -0.39 is 42.1 Å². The van der Waals surface area contributed by atoms with Crippen molar-refractivity contribution in [3.63, 3.8) is 0 Å². The molecule has 52 heavy (non-hydrogen) atoms. The molecule has 4 amide bonds. The maximum atomic E-state index is 14.1. The van der Waals surface area contributed by atoms with Crippen LogP contribution in [0.15, 0.2) is 85.3 Å². The lowest BCUT2D eigenvalue weighted by atomic mass is 9.96. The van der Waals surface area contributed by atoms with Crippen molar-refractivity contribution in [3.05, 3.63) is 102 Å². The summed E-state index contributed by atoms with van der Waals surface area (Å²) in [6.45, 7) is 8.49. The van der Waals surface area contributed by atoms with E-state index in [9.17, 15) is 24.3 Å². The fraction of sp³-hybridized carbons (Fsp3) is 0.425. The van der Waals surface area contributed by atoms with E-state index in [4.69, 9.17) is 4.74 Å². The second kappa shape index (κ2) is 20.0. The first-order valence-corrected chi connectivity index (χ1v) is 18.0. The molecule has 4 rings (SSSR count). The molecule has 0 spiro atoms. The molecule has 0 saturated heterocycles. The highest BCUT2D eigenvalue weighted by atomic mass is 16.5. The fourth-order valence-electron chi connectivity index (χ4n) is 5.84. The minimum atomic E-state index is -1.16. The van der Waals surface area contributed by atoms with Crippen LogP contribution in [0.3, 0.4) is 0 Å². The van der Waals surface area contributed by atoms with Crippen molar-refractivity contribution in [2.75, 3.05) is 6.54 Å². The number of rotatable bonds is 19. The number of nitrogens with zero attached hydrogens (tertiary/aromatic N) is 1. The molecule has 12 heteroatoms. The summed E-state index contributed by atoms with van der Waals surface area (Å²) < 4.78 is 5.47. The largest absolute Gasteiger partial charge is 0.445 e. The summed E-state index contributed by atoms with van der Waals surface area (Å²) in [5, 5.41) is 24.4. The zero-order chi connectivity index (χ0) is 37.5. The molecule has 0 unspecified atom stereocenters. The van der Waals surface area contributed by atoms with Crippen LogP contribution < -0.4 is 21.3 Å². The highest BCUT2D eigenvalue weighted by molar-refractivity contribution is 5.93. The van der Waals surface area contributed by atoms with E-state index in [1.807, 2.05) is 100 Å². The Labute approximate surface area is 305 Å². The fourth-order valence-corrected chi connectivity index (χ4v) is 5.84. The quantitative estimate of drug-likeness (QED) is 0.0826. The third-order valence-electron chi connectivity index (χ3n) is 8.98. The number of hydrogen-bond acceptors (Lipinski definition) is 7. The zero-order valence-corrected chi connectivity index (χ0v) is 30.4. The molecule has 4 aromatic rings. The number of aliphatic hydroxyl groups excluding tert-OH is 1. The van der Waals surface area contributed by atoms with E-state index >= 15 is 0 Å². The molecular weight excluding hydrogens is 660 g/mol. The van der Waals surface area contributed by atoms with Crippen LogP contribution in [0.5, 0.6) is 0 Å². The van der Waals surface area contributed by atoms with Gasteiger partial charge in [-0.25, -0.2) is 9.78 Å². The number of aliphatic hydroxyl groups is 1. The number of H-pyrrole nitrogens is 1. The van der Waals surface area contributed by atoms with Gasteiger partial charge in [-0.05, 0) is 40.2 Å². The number of carbonyl (C=O) groups is 4. The number of imidazole rings is 1. The van der Waals surface area contributed by atoms with Crippen molar-refractivity contribution >= 4 is 34.6 Å². The van der Waals surface area contributed by atoms with Crippen LogP contribution in [0.1, 0.15) is 63.8 Å². The molecule has 1 heterocycles. The molecular formula is C40H52N6O6. The van der Waals surface area contributed by atoms with Crippen LogP contribution in [0.4, 0.5) is 4.79 Å². The number of amides is 4. The lowest BCUT2D eigenvalue weighted by molar-refractivity contribution is -0.131. The molecule has 1 aromatic heterocycles. The van der Waals surface area contributed by atoms with E-state index in [0.29, 0.717) is 24.6 Å². The predicted octanol–water partition coefficient (Wildman–Crippen LogP) is 4.57. The van der Waals surface area contributed by atoms with Gasteiger partial charge in [0.1, 0.15) is 18.7 Å². The molecule has 12 nitrogen and oxygen atoms in total. The third kappa shape index (κ3) is 12.5. The Hall–Kier alpha value is -5.23. The molecule has 0 aliphatic rings. The Bertz CT molecular complexity index is 1730. The molecule has 0 saturated carbocycles. The van der Waals surface area contributed by atoms with Gasteiger partial charge in [0, 0.05) is 25.6 Å². The van der Waals surface area contributed by atoms with Crippen LogP contribution in [-0.2, 0) is 38.6 Å². The number of benzene rings is 3. The summed E-state index contributed by atoms with van der Waals surface area (Å²) in [5.74, 6) is -1.09. The second-order valence-electron chi connectivity index (χ2n) is 13.8. The van der Waals surface area contributed by atoms with Gasteiger partial charge in [0.25, 0.3) is 0 Å². The number of aromatic amines is 1. The van der Waals surface area contributed by atoms with Gasteiger partial charge in [-0.3, -0.25) is 14.4 Å².